The van der Waals surface area contributed by atoms with Crippen molar-refractivity contribution in [1.82, 2.24) is 0 Å². The van der Waals surface area contributed by atoms with Gasteiger partial charge in [0.25, 0.3) is 0 Å². The van der Waals surface area contributed by atoms with Crippen molar-refractivity contribution in [2.75, 3.05) is 0 Å². The Morgan fingerprint density at radius 2 is 1.34 bits per heavy atom. The summed E-state index contributed by atoms with van der Waals surface area (Å²) in [4.78, 5) is 67.5. The van der Waals surface area contributed by atoms with Gasteiger partial charge in [-0.1, -0.05) is 63.2 Å². The molecule has 1 spiro atoms. The molecule has 2 aliphatic carbocycles. The minimum Gasteiger partial charge on any atom is -0.458 e. The van der Waals surface area contributed by atoms with E-state index >= 15 is 0 Å². The number of fused-ring (bicyclic) bond motifs is 3. The highest BCUT2D eigenvalue weighted by molar-refractivity contribution is 5.90. The van der Waals surface area contributed by atoms with Gasteiger partial charge in [0.05, 0.1) is 23.1 Å². The van der Waals surface area contributed by atoms with Crippen LogP contribution in [0.25, 0.3) is 0 Å². The van der Waals surface area contributed by atoms with Crippen molar-refractivity contribution in [3.63, 3.8) is 0 Å². The van der Waals surface area contributed by atoms with E-state index in [1.165, 1.54) is 26.8 Å². The van der Waals surface area contributed by atoms with E-state index < -0.39 is 100 Å². The van der Waals surface area contributed by atoms with Crippen LogP contribution in [0.3, 0.4) is 0 Å². The molecule has 1 N–H and O–H groups in total. The van der Waals surface area contributed by atoms with E-state index in [-0.39, 0.29) is 17.5 Å². The zero-order valence-corrected chi connectivity index (χ0v) is 28.8. The number of ether oxygens (including phenoxy) is 6. The fraction of sp³-hybridized carbons (Fsp3) is 0.500. The number of aliphatic hydroxyl groups excluding tert-OH is 1. The first-order valence-corrected chi connectivity index (χ1v) is 16.6. The Kier molecular flexibility index (Phi) is 8.71. The van der Waals surface area contributed by atoms with Crippen LogP contribution in [0.2, 0.25) is 0 Å². The van der Waals surface area contributed by atoms with Gasteiger partial charge >= 0.3 is 29.8 Å². The molecule has 11 atom stereocenters. The van der Waals surface area contributed by atoms with E-state index in [2.05, 4.69) is 6.58 Å². The predicted octanol–water partition coefficient (Wildman–Crippen LogP) is 4.19. The van der Waals surface area contributed by atoms with Crippen LogP contribution < -0.4 is 0 Å². The van der Waals surface area contributed by atoms with Crippen LogP contribution in [0.5, 0.6) is 0 Å². The van der Waals surface area contributed by atoms with E-state index in [0.29, 0.717) is 0 Å². The van der Waals surface area contributed by atoms with Gasteiger partial charge in [0.1, 0.15) is 18.3 Å². The number of esters is 5. The lowest BCUT2D eigenvalue weighted by molar-refractivity contribution is -0.354. The first-order chi connectivity index (χ1) is 23.5. The number of carbonyl (C=O) groups excluding carboxylic acids is 5. The van der Waals surface area contributed by atoms with Gasteiger partial charge in [-0.25, -0.2) is 14.4 Å². The van der Waals surface area contributed by atoms with Crippen LogP contribution in [0, 0.1) is 28.6 Å². The van der Waals surface area contributed by atoms with Crippen molar-refractivity contribution < 1.29 is 57.5 Å². The van der Waals surface area contributed by atoms with Gasteiger partial charge in [-0.3, -0.25) is 9.59 Å². The Morgan fingerprint density at radius 3 is 1.86 bits per heavy atom. The highest BCUT2D eigenvalue weighted by atomic mass is 16.8. The van der Waals surface area contributed by atoms with Gasteiger partial charge in [-0.2, -0.15) is 0 Å². The second-order valence-electron chi connectivity index (χ2n) is 14.6. The molecule has 2 aliphatic heterocycles. The van der Waals surface area contributed by atoms with Crippen LogP contribution in [0.1, 0.15) is 68.7 Å². The molecule has 2 saturated heterocycles. The monoisotopic (exact) mass is 690 g/mol. The van der Waals surface area contributed by atoms with Gasteiger partial charge in [-0.05, 0) is 36.6 Å². The van der Waals surface area contributed by atoms with Crippen LogP contribution in [0.15, 0.2) is 73.3 Å². The molecule has 2 heterocycles. The Bertz CT molecular complexity index is 1710. The van der Waals surface area contributed by atoms with Crippen LogP contribution in [-0.4, -0.2) is 76.9 Å². The van der Waals surface area contributed by atoms with Gasteiger partial charge in [-0.15, -0.1) is 6.58 Å². The zero-order chi connectivity index (χ0) is 36.4. The van der Waals surface area contributed by atoms with Gasteiger partial charge in [0, 0.05) is 37.5 Å². The highest BCUT2D eigenvalue weighted by Gasteiger charge is 2.83. The summed E-state index contributed by atoms with van der Waals surface area (Å²) in [5, 5.41) is 12.1. The molecular formula is C38H42O12. The maximum absolute atomic E-state index is 14.2. The largest absolute Gasteiger partial charge is 0.458 e. The quantitative estimate of drug-likeness (QED) is 0.251. The van der Waals surface area contributed by atoms with Crippen LogP contribution >= 0.6 is 0 Å². The van der Waals surface area contributed by atoms with Gasteiger partial charge in [0.2, 0.25) is 11.4 Å². The summed E-state index contributed by atoms with van der Waals surface area (Å²) in [6.45, 7) is 13.2. The molecule has 4 fully saturated rings. The summed E-state index contributed by atoms with van der Waals surface area (Å²) in [5.41, 5.74) is -4.33. The average Bonchev–Trinajstić information content (AvgIpc) is 3.29. The topological polar surface area (TPSA) is 161 Å². The second-order valence-corrected chi connectivity index (χ2v) is 14.6. The molecule has 12 nitrogen and oxygen atoms in total. The van der Waals surface area contributed by atoms with Crippen LogP contribution in [-0.2, 0) is 42.8 Å². The van der Waals surface area contributed by atoms with E-state index in [0.717, 1.165) is 0 Å². The molecule has 2 aromatic rings. The molecule has 0 aromatic heterocycles. The minimum absolute atomic E-state index is 0.118. The lowest BCUT2D eigenvalue weighted by Gasteiger charge is -2.68. The second kappa shape index (κ2) is 12.3. The molecule has 4 aliphatic rings. The molecule has 50 heavy (non-hydrogen) atoms. The van der Waals surface area contributed by atoms with Crippen molar-refractivity contribution in [2.45, 2.75) is 89.9 Å². The van der Waals surface area contributed by atoms with Crippen LogP contribution in [0.4, 0.5) is 0 Å². The summed E-state index contributed by atoms with van der Waals surface area (Å²) < 4.78 is 37.0. The maximum Gasteiger partial charge on any atom is 0.344 e. The molecule has 2 aromatic carbocycles. The first-order valence-electron chi connectivity index (χ1n) is 16.6. The summed E-state index contributed by atoms with van der Waals surface area (Å²) in [6, 6.07) is 16.4. The number of hydrogen-bond donors (Lipinski definition) is 1. The van der Waals surface area contributed by atoms with E-state index in [4.69, 9.17) is 28.4 Å². The van der Waals surface area contributed by atoms with Crippen molar-refractivity contribution in [1.29, 1.82) is 0 Å². The molecule has 0 radical (unpaired) electrons. The van der Waals surface area contributed by atoms with Gasteiger partial charge in [0.15, 0.2) is 6.10 Å². The Hall–Kier alpha value is -4.55. The predicted molar refractivity (Wildman–Crippen MR) is 174 cm³/mol. The maximum atomic E-state index is 14.2. The minimum atomic E-state index is -2.12. The fourth-order valence-electron chi connectivity index (χ4n) is 9.37. The lowest BCUT2D eigenvalue weighted by Crippen LogP contribution is -2.80. The first kappa shape index (κ1) is 35.3. The zero-order valence-electron chi connectivity index (χ0n) is 28.8. The van der Waals surface area contributed by atoms with Crippen molar-refractivity contribution in [2.24, 2.45) is 28.6 Å². The smallest absolute Gasteiger partial charge is 0.344 e. The molecule has 266 valence electrons. The Morgan fingerprint density at radius 1 is 0.800 bits per heavy atom. The van der Waals surface area contributed by atoms with Crippen molar-refractivity contribution in [3.8, 4) is 0 Å². The third-order valence-electron chi connectivity index (χ3n) is 11.3. The normalized spacial score (nSPS) is 37.9. The van der Waals surface area contributed by atoms with E-state index in [1.54, 1.807) is 81.4 Å². The van der Waals surface area contributed by atoms with Crippen molar-refractivity contribution in [3.05, 3.63) is 84.4 Å². The molecule has 2 saturated carbocycles. The molecular weight excluding hydrogens is 648 g/mol. The summed E-state index contributed by atoms with van der Waals surface area (Å²) in [5.74, 6) is -8.53. The third-order valence-corrected chi connectivity index (χ3v) is 11.3. The molecule has 12 heteroatoms. The number of hydrogen-bond acceptors (Lipinski definition) is 12. The summed E-state index contributed by atoms with van der Waals surface area (Å²) >= 11 is 0. The number of benzene rings is 2. The SMILES string of the molecule is C=CC1C(OC(=O)c2ccccc2)C2C3(OC1(C)OC3=O)C(O)CC1C(C)(C)C(OC(C)=O)C(OC(C)=O)C(OC(=O)c3ccccc3)C12C. The summed E-state index contributed by atoms with van der Waals surface area (Å²) in [6.07, 6.45) is -5.46. The standard InChI is InChI=1S/C38H42O12/c1-8-24-27(47-32(42)22-15-11-9-12-16-22)29-36(6)25(19-26(41)38(29)34(44)49-37(24,7)50-38)35(4,5)30(46-21(3)40)28(45-20(2)39)31(36)48-33(43)23-17-13-10-14-18-23/h8-18,24-31,41H,1,19H2,2-7H3. The molecule has 0 amide bonds. The molecule has 11 unspecified atom stereocenters. The van der Waals surface area contributed by atoms with E-state index in [9.17, 15) is 29.1 Å². The molecule has 6 rings (SSSR count). The number of rotatable bonds is 7. The molecule has 2 bridgehead atoms. The van der Waals surface area contributed by atoms with E-state index in [1.807, 2.05) is 0 Å². The third kappa shape index (κ3) is 5.22. The number of aliphatic hydroxyl groups is 1. The highest BCUT2D eigenvalue weighted by Crippen LogP contribution is 2.70. The average molecular weight is 691 g/mol. The lowest BCUT2D eigenvalue weighted by atomic mass is 9.40. The Balaban J connectivity index is 1.62. The van der Waals surface area contributed by atoms with Crippen molar-refractivity contribution >= 4 is 29.8 Å². The fourth-order valence-corrected chi connectivity index (χ4v) is 9.37. The Labute approximate surface area is 290 Å². The summed E-state index contributed by atoms with van der Waals surface area (Å²) in [7, 11) is 0. The number of carbonyl (C=O) groups is 5. The van der Waals surface area contributed by atoms with Gasteiger partial charge < -0.3 is 33.5 Å².